The van der Waals surface area contributed by atoms with Crippen molar-refractivity contribution in [2.75, 3.05) is 13.7 Å². The van der Waals surface area contributed by atoms with Gasteiger partial charge in [0.05, 0.1) is 12.7 Å². The highest BCUT2D eigenvalue weighted by atomic mass is 19.4. The van der Waals surface area contributed by atoms with Gasteiger partial charge in [-0.3, -0.25) is 9.59 Å². The molecule has 100 valence electrons. The first-order valence-corrected chi connectivity index (χ1v) is 4.84. The number of amides is 1. The normalized spacial score (nSPS) is 11.2. The number of nitrogens with one attached hydrogen (secondary N) is 1. The molecule has 0 unspecified atom stereocenters. The first-order valence-electron chi connectivity index (χ1n) is 4.84. The lowest BCUT2D eigenvalue weighted by atomic mass is 10.2. The van der Waals surface area contributed by atoms with Gasteiger partial charge in [0.2, 0.25) is 0 Å². The molecule has 1 aromatic heterocycles. The molecule has 0 saturated carbocycles. The molecule has 1 aromatic rings. The lowest BCUT2D eigenvalue weighted by molar-refractivity contribution is -0.123. The van der Waals surface area contributed by atoms with E-state index in [9.17, 15) is 22.8 Å². The molecule has 0 aromatic carbocycles. The van der Waals surface area contributed by atoms with Gasteiger partial charge in [0, 0.05) is 19.3 Å². The molecule has 1 amide bonds. The average Bonchev–Trinajstić information content (AvgIpc) is 2.28. The molecular formula is C10H11F3N2O3. The smallest absolute Gasteiger partial charge is 0.405 e. The number of hydrogen-bond donors (Lipinski definition) is 1. The summed E-state index contributed by atoms with van der Waals surface area (Å²) in [6.45, 7) is -1.45. The van der Waals surface area contributed by atoms with Crippen LogP contribution >= 0.6 is 0 Å². The number of halogens is 3. The minimum Gasteiger partial charge on any atom is -0.496 e. The van der Waals surface area contributed by atoms with Crippen molar-refractivity contribution in [3.8, 4) is 5.75 Å². The van der Waals surface area contributed by atoms with Crippen LogP contribution in [0.5, 0.6) is 5.75 Å². The molecule has 1 rings (SSSR count). The van der Waals surface area contributed by atoms with Gasteiger partial charge in [0.15, 0.2) is 0 Å². The number of rotatable bonds is 3. The third-order valence-electron chi connectivity index (χ3n) is 2.10. The van der Waals surface area contributed by atoms with Crippen molar-refractivity contribution in [3.63, 3.8) is 0 Å². The maximum atomic E-state index is 12.0. The summed E-state index contributed by atoms with van der Waals surface area (Å²) in [5.74, 6) is -1.03. The molecule has 5 nitrogen and oxygen atoms in total. The van der Waals surface area contributed by atoms with E-state index in [1.54, 1.807) is 5.32 Å². The van der Waals surface area contributed by atoms with E-state index in [1.165, 1.54) is 14.2 Å². The van der Waals surface area contributed by atoms with E-state index < -0.39 is 24.2 Å². The Hall–Kier alpha value is -1.99. The van der Waals surface area contributed by atoms with Gasteiger partial charge in [0.25, 0.3) is 11.5 Å². The molecule has 0 aliphatic carbocycles. The van der Waals surface area contributed by atoms with Crippen molar-refractivity contribution in [2.24, 2.45) is 7.05 Å². The lowest BCUT2D eigenvalue weighted by Gasteiger charge is -2.11. The number of alkyl halides is 3. The van der Waals surface area contributed by atoms with Crippen molar-refractivity contribution in [1.29, 1.82) is 0 Å². The second-order valence-electron chi connectivity index (χ2n) is 3.50. The second-order valence-corrected chi connectivity index (χ2v) is 3.50. The quantitative estimate of drug-likeness (QED) is 0.873. The van der Waals surface area contributed by atoms with E-state index in [2.05, 4.69) is 0 Å². The molecule has 18 heavy (non-hydrogen) atoms. The zero-order chi connectivity index (χ0) is 13.9. The number of pyridine rings is 1. The van der Waals surface area contributed by atoms with E-state index in [0.717, 1.165) is 16.8 Å². The Bertz CT molecular complexity index is 508. The predicted octanol–water partition coefficient (Wildman–Crippen LogP) is 0.686. The number of carbonyl (C=O) groups is 1. The van der Waals surface area contributed by atoms with Crippen molar-refractivity contribution in [3.05, 3.63) is 28.2 Å². The van der Waals surface area contributed by atoms with E-state index >= 15 is 0 Å². The first-order chi connectivity index (χ1) is 8.24. The van der Waals surface area contributed by atoms with Gasteiger partial charge < -0.3 is 14.6 Å². The maximum absolute atomic E-state index is 12.0. The van der Waals surface area contributed by atoms with Gasteiger partial charge in [-0.25, -0.2) is 0 Å². The zero-order valence-electron chi connectivity index (χ0n) is 9.67. The SMILES string of the molecule is COc1cc(=O)n(C)cc1C(=O)NCC(F)(F)F. The van der Waals surface area contributed by atoms with Gasteiger partial charge in [-0.15, -0.1) is 0 Å². The highest BCUT2D eigenvalue weighted by Gasteiger charge is 2.28. The van der Waals surface area contributed by atoms with Crippen molar-refractivity contribution < 1.29 is 22.7 Å². The van der Waals surface area contributed by atoms with E-state index in [-0.39, 0.29) is 11.3 Å². The van der Waals surface area contributed by atoms with E-state index in [0.29, 0.717) is 0 Å². The Labute approximate surface area is 100 Å². The van der Waals surface area contributed by atoms with E-state index in [1.807, 2.05) is 0 Å². The fourth-order valence-electron chi connectivity index (χ4n) is 1.23. The maximum Gasteiger partial charge on any atom is 0.405 e. The fraction of sp³-hybridized carbons (Fsp3) is 0.400. The Morgan fingerprint density at radius 3 is 2.61 bits per heavy atom. The van der Waals surface area contributed by atoms with Crippen LogP contribution in [0.2, 0.25) is 0 Å². The number of nitrogens with zero attached hydrogens (tertiary/aromatic N) is 1. The van der Waals surface area contributed by atoms with Crippen LogP contribution in [0.15, 0.2) is 17.1 Å². The second kappa shape index (κ2) is 5.11. The van der Waals surface area contributed by atoms with Gasteiger partial charge in [-0.2, -0.15) is 13.2 Å². The molecule has 8 heteroatoms. The molecule has 0 spiro atoms. The van der Waals surface area contributed by atoms with Gasteiger partial charge >= 0.3 is 6.18 Å². The summed E-state index contributed by atoms with van der Waals surface area (Å²) < 4.78 is 41.7. The molecule has 0 fully saturated rings. The van der Waals surface area contributed by atoms with E-state index in [4.69, 9.17) is 4.74 Å². The van der Waals surface area contributed by atoms with Crippen LogP contribution in [0.25, 0.3) is 0 Å². The minimum absolute atomic E-state index is 0.0715. The third kappa shape index (κ3) is 3.51. The average molecular weight is 264 g/mol. The topological polar surface area (TPSA) is 60.3 Å². The molecule has 0 atom stereocenters. The summed E-state index contributed by atoms with van der Waals surface area (Å²) in [5, 5.41) is 1.70. The summed E-state index contributed by atoms with van der Waals surface area (Å²) in [6, 6.07) is 1.03. The summed E-state index contributed by atoms with van der Waals surface area (Å²) in [5.41, 5.74) is -0.567. The Balaban J connectivity index is 2.98. The zero-order valence-corrected chi connectivity index (χ0v) is 9.67. The Morgan fingerprint density at radius 2 is 2.11 bits per heavy atom. The summed E-state index contributed by atoms with van der Waals surface area (Å²) >= 11 is 0. The van der Waals surface area contributed by atoms with Crippen LogP contribution in [-0.2, 0) is 7.05 Å². The largest absolute Gasteiger partial charge is 0.496 e. The number of hydrogen-bond acceptors (Lipinski definition) is 3. The molecule has 0 bridgehead atoms. The minimum atomic E-state index is -4.50. The highest BCUT2D eigenvalue weighted by molar-refractivity contribution is 5.96. The van der Waals surface area contributed by atoms with Gasteiger partial charge in [-0.05, 0) is 0 Å². The highest BCUT2D eigenvalue weighted by Crippen LogP contribution is 2.16. The number of ether oxygens (including phenoxy) is 1. The monoisotopic (exact) mass is 264 g/mol. The fourth-order valence-corrected chi connectivity index (χ4v) is 1.23. The molecule has 0 aliphatic rings. The van der Waals surface area contributed by atoms with Crippen LogP contribution in [0.1, 0.15) is 10.4 Å². The summed E-state index contributed by atoms with van der Waals surface area (Å²) in [4.78, 5) is 22.8. The molecule has 0 saturated heterocycles. The number of methoxy groups -OCH3 is 1. The lowest BCUT2D eigenvalue weighted by Crippen LogP contribution is -2.34. The number of aromatic nitrogens is 1. The van der Waals surface area contributed by atoms with Crippen LogP contribution in [0.4, 0.5) is 13.2 Å². The van der Waals surface area contributed by atoms with Gasteiger partial charge in [-0.1, -0.05) is 0 Å². The molecule has 0 radical (unpaired) electrons. The Kier molecular flexibility index (Phi) is 4.00. The first kappa shape index (κ1) is 14.1. The van der Waals surface area contributed by atoms with Crippen molar-refractivity contribution >= 4 is 5.91 Å². The van der Waals surface area contributed by atoms with Crippen LogP contribution < -0.4 is 15.6 Å². The molecule has 1 N–H and O–H groups in total. The standard InChI is InChI=1S/C10H11F3N2O3/c1-15-4-6(7(18-2)3-8(15)16)9(17)14-5-10(11,12)13/h3-4H,5H2,1-2H3,(H,14,17). The van der Waals surface area contributed by atoms with Crippen LogP contribution in [-0.4, -0.2) is 30.3 Å². The van der Waals surface area contributed by atoms with Crippen LogP contribution in [0.3, 0.4) is 0 Å². The molecule has 1 heterocycles. The number of carbonyl (C=O) groups excluding carboxylic acids is 1. The summed E-state index contributed by atoms with van der Waals surface area (Å²) in [7, 11) is 2.59. The predicted molar refractivity (Wildman–Crippen MR) is 56.6 cm³/mol. The Morgan fingerprint density at radius 1 is 1.50 bits per heavy atom. The third-order valence-corrected chi connectivity index (χ3v) is 2.10. The number of aryl methyl sites for hydroxylation is 1. The molecular weight excluding hydrogens is 253 g/mol. The van der Waals surface area contributed by atoms with Crippen LogP contribution in [0, 0.1) is 0 Å². The summed E-state index contributed by atoms with van der Waals surface area (Å²) in [6.07, 6.45) is -3.38. The van der Waals surface area contributed by atoms with Gasteiger partial charge in [0.1, 0.15) is 12.3 Å². The molecule has 0 aliphatic heterocycles. The van der Waals surface area contributed by atoms with Crippen molar-refractivity contribution in [2.45, 2.75) is 6.18 Å². The van der Waals surface area contributed by atoms with Crippen molar-refractivity contribution in [1.82, 2.24) is 9.88 Å².